The van der Waals surface area contributed by atoms with E-state index >= 15 is 0 Å². The van der Waals surface area contributed by atoms with Crippen molar-refractivity contribution in [2.75, 3.05) is 0 Å². The number of carbonyl (C=O) groups is 1. The normalized spacial score (nSPS) is 15.9. The topological polar surface area (TPSA) is 79.5 Å². The Morgan fingerprint density at radius 2 is 1.62 bits per heavy atom. The molecule has 2 heterocycles. The molecular weight excluding hydrogens is 420 g/mol. The van der Waals surface area contributed by atoms with E-state index in [0.29, 0.717) is 16.4 Å². The number of rotatable bonds is 4. The van der Waals surface area contributed by atoms with Crippen molar-refractivity contribution in [3.05, 3.63) is 102 Å². The Morgan fingerprint density at radius 1 is 0.938 bits per heavy atom. The van der Waals surface area contributed by atoms with Crippen LogP contribution in [0.3, 0.4) is 0 Å². The van der Waals surface area contributed by atoms with Gasteiger partial charge in [-0.3, -0.25) is 4.79 Å². The lowest BCUT2D eigenvalue weighted by Gasteiger charge is -2.01. The van der Waals surface area contributed by atoms with E-state index < -0.39 is 0 Å². The highest BCUT2D eigenvalue weighted by atomic mass is 32.2. The maximum atomic E-state index is 12.1. The average Bonchev–Trinajstić information content (AvgIpc) is 3.40. The minimum atomic E-state index is -0.189. The molecule has 0 bridgehead atoms. The van der Waals surface area contributed by atoms with Gasteiger partial charge in [-0.25, -0.2) is 9.67 Å². The lowest BCUT2D eigenvalue weighted by Crippen LogP contribution is -2.18. The summed E-state index contributed by atoms with van der Waals surface area (Å²) in [6, 6.07) is 26.3. The molecule has 1 aliphatic rings. The molecule has 0 spiro atoms. The molecule has 0 saturated carbocycles. The Labute approximate surface area is 188 Å². The zero-order valence-corrected chi connectivity index (χ0v) is 17.7. The van der Waals surface area contributed by atoms with Crippen LogP contribution in [-0.4, -0.2) is 26.0 Å². The van der Waals surface area contributed by atoms with E-state index in [0.717, 1.165) is 34.3 Å². The Hall–Kier alpha value is -4.10. The number of benzene rings is 3. The predicted octanol–water partition coefficient (Wildman–Crippen LogP) is 5.77. The number of aliphatic imine (C=N–C) groups is 1. The van der Waals surface area contributed by atoms with Crippen molar-refractivity contribution in [2.24, 2.45) is 4.99 Å². The number of aromatic nitrogens is 2. The van der Waals surface area contributed by atoms with Crippen LogP contribution in [0.15, 0.2) is 101 Å². The standard InChI is InChI=1S/C25H18N4O2S/c30-21-13-11-19(12-14-21)26-24-22(32-25(31)27-24)15-18-16-29(20-9-5-2-6-10-20)28-23(18)17-7-3-1-4-8-17/h1-16,30H,(H,26,27,31)/b22-15-. The molecule has 0 radical (unpaired) electrons. The summed E-state index contributed by atoms with van der Waals surface area (Å²) in [5, 5.41) is 16.9. The van der Waals surface area contributed by atoms with E-state index in [1.165, 1.54) is 0 Å². The minimum absolute atomic E-state index is 0.162. The fourth-order valence-corrected chi connectivity index (χ4v) is 4.06. The SMILES string of the molecule is O=C1NC(=Nc2ccc(O)cc2)/C(=C/c2cn(-c3ccccc3)nc2-c2ccccc2)S1. The summed E-state index contributed by atoms with van der Waals surface area (Å²) in [5.74, 6) is 0.632. The molecule has 0 atom stereocenters. The number of hydrogen-bond acceptors (Lipinski definition) is 5. The van der Waals surface area contributed by atoms with Crippen LogP contribution in [-0.2, 0) is 0 Å². The van der Waals surface area contributed by atoms with Gasteiger partial charge in [-0.15, -0.1) is 0 Å². The number of aromatic hydroxyl groups is 1. The van der Waals surface area contributed by atoms with Crippen LogP contribution in [0.25, 0.3) is 23.0 Å². The summed E-state index contributed by atoms with van der Waals surface area (Å²) >= 11 is 1.09. The molecule has 1 amide bonds. The quantitative estimate of drug-likeness (QED) is 0.424. The molecule has 3 aromatic carbocycles. The minimum Gasteiger partial charge on any atom is -0.508 e. The van der Waals surface area contributed by atoms with Crippen LogP contribution in [0.4, 0.5) is 10.5 Å². The fraction of sp³-hybridized carbons (Fsp3) is 0. The summed E-state index contributed by atoms with van der Waals surface area (Å²) in [4.78, 5) is 17.4. The summed E-state index contributed by atoms with van der Waals surface area (Å²) in [5.41, 5.74) is 4.24. The molecule has 5 rings (SSSR count). The van der Waals surface area contributed by atoms with Crippen molar-refractivity contribution in [3.8, 4) is 22.7 Å². The lowest BCUT2D eigenvalue weighted by molar-refractivity contribution is 0.265. The fourth-order valence-electron chi connectivity index (χ4n) is 3.34. The molecule has 1 saturated heterocycles. The third kappa shape index (κ3) is 4.19. The molecule has 1 fully saturated rings. The average molecular weight is 439 g/mol. The molecule has 0 aliphatic carbocycles. The third-order valence-corrected chi connectivity index (χ3v) is 5.66. The van der Waals surface area contributed by atoms with E-state index in [9.17, 15) is 9.90 Å². The van der Waals surface area contributed by atoms with Crippen molar-refractivity contribution in [1.29, 1.82) is 0 Å². The van der Waals surface area contributed by atoms with Gasteiger partial charge in [-0.2, -0.15) is 5.10 Å². The second kappa shape index (κ2) is 8.56. The second-order valence-electron chi connectivity index (χ2n) is 7.08. The zero-order chi connectivity index (χ0) is 21.9. The molecule has 2 N–H and O–H groups in total. The van der Waals surface area contributed by atoms with Crippen molar-refractivity contribution >= 4 is 34.6 Å². The molecule has 1 aliphatic heterocycles. The van der Waals surface area contributed by atoms with Gasteiger partial charge in [0.25, 0.3) is 5.24 Å². The van der Waals surface area contributed by atoms with E-state index in [1.807, 2.05) is 77.6 Å². The van der Waals surface area contributed by atoms with Gasteiger partial charge in [-0.1, -0.05) is 48.5 Å². The van der Waals surface area contributed by atoms with Gasteiger partial charge < -0.3 is 10.4 Å². The Bertz CT molecular complexity index is 1330. The first-order chi connectivity index (χ1) is 15.7. The molecule has 156 valence electrons. The number of thioether (sulfide) groups is 1. The van der Waals surface area contributed by atoms with Gasteiger partial charge in [0.1, 0.15) is 11.6 Å². The highest BCUT2D eigenvalue weighted by molar-refractivity contribution is 8.18. The number of phenols is 1. The van der Waals surface area contributed by atoms with E-state index in [2.05, 4.69) is 10.3 Å². The lowest BCUT2D eigenvalue weighted by atomic mass is 10.1. The maximum Gasteiger partial charge on any atom is 0.289 e. The number of carbonyl (C=O) groups excluding carboxylic acids is 1. The zero-order valence-electron chi connectivity index (χ0n) is 16.8. The van der Waals surface area contributed by atoms with Crippen molar-refractivity contribution in [1.82, 2.24) is 15.1 Å². The van der Waals surface area contributed by atoms with Crippen LogP contribution < -0.4 is 5.32 Å². The number of amidine groups is 1. The summed E-state index contributed by atoms with van der Waals surface area (Å²) in [6.45, 7) is 0. The van der Waals surface area contributed by atoms with Gasteiger partial charge in [0, 0.05) is 17.3 Å². The number of nitrogens with zero attached hydrogens (tertiary/aromatic N) is 3. The third-order valence-electron chi connectivity index (χ3n) is 4.84. The van der Waals surface area contributed by atoms with E-state index in [4.69, 9.17) is 5.10 Å². The van der Waals surface area contributed by atoms with Gasteiger partial charge in [0.15, 0.2) is 0 Å². The predicted molar refractivity (Wildman–Crippen MR) is 128 cm³/mol. The summed E-state index contributed by atoms with van der Waals surface area (Å²) < 4.78 is 1.83. The van der Waals surface area contributed by atoms with E-state index in [-0.39, 0.29) is 11.0 Å². The monoisotopic (exact) mass is 438 g/mol. The highest BCUT2D eigenvalue weighted by Crippen LogP contribution is 2.32. The smallest absolute Gasteiger partial charge is 0.289 e. The van der Waals surface area contributed by atoms with Crippen LogP contribution in [0.2, 0.25) is 0 Å². The molecule has 6 nitrogen and oxygen atoms in total. The van der Waals surface area contributed by atoms with Gasteiger partial charge in [-0.05, 0) is 54.2 Å². The molecule has 32 heavy (non-hydrogen) atoms. The Balaban J connectivity index is 1.60. The van der Waals surface area contributed by atoms with Gasteiger partial charge in [0.05, 0.1) is 22.0 Å². The number of nitrogens with one attached hydrogen (secondary N) is 1. The van der Waals surface area contributed by atoms with Crippen LogP contribution in [0, 0.1) is 0 Å². The molecule has 4 aromatic rings. The molecule has 1 aromatic heterocycles. The second-order valence-corrected chi connectivity index (χ2v) is 8.09. The molecular formula is C25H18N4O2S. The van der Waals surface area contributed by atoms with Crippen LogP contribution >= 0.6 is 11.8 Å². The number of para-hydroxylation sites is 1. The summed E-state index contributed by atoms with van der Waals surface area (Å²) in [7, 11) is 0. The van der Waals surface area contributed by atoms with Gasteiger partial charge in [0.2, 0.25) is 0 Å². The number of hydrogen-bond donors (Lipinski definition) is 2. The van der Waals surface area contributed by atoms with Crippen LogP contribution in [0.5, 0.6) is 5.75 Å². The highest BCUT2D eigenvalue weighted by Gasteiger charge is 2.24. The van der Waals surface area contributed by atoms with Crippen LogP contribution in [0.1, 0.15) is 5.56 Å². The van der Waals surface area contributed by atoms with E-state index in [1.54, 1.807) is 24.3 Å². The number of amides is 1. The van der Waals surface area contributed by atoms with Gasteiger partial charge >= 0.3 is 0 Å². The first kappa shape index (κ1) is 19.8. The first-order valence-corrected chi connectivity index (χ1v) is 10.8. The van der Waals surface area contributed by atoms with Crippen molar-refractivity contribution in [2.45, 2.75) is 0 Å². The largest absolute Gasteiger partial charge is 0.508 e. The Kier molecular flexibility index (Phi) is 5.31. The molecule has 7 heteroatoms. The number of phenolic OH excluding ortho intramolecular Hbond substituents is 1. The first-order valence-electron chi connectivity index (χ1n) is 9.95. The summed E-state index contributed by atoms with van der Waals surface area (Å²) in [6.07, 6.45) is 3.88. The van der Waals surface area contributed by atoms with Crippen molar-refractivity contribution < 1.29 is 9.90 Å². The Morgan fingerprint density at radius 3 is 2.34 bits per heavy atom. The molecule has 0 unspecified atom stereocenters. The maximum absolute atomic E-state index is 12.1. The van der Waals surface area contributed by atoms with Crippen molar-refractivity contribution in [3.63, 3.8) is 0 Å².